The molecule has 1 saturated carbocycles. The van der Waals surface area contributed by atoms with Crippen molar-refractivity contribution >= 4 is 12.3 Å². The van der Waals surface area contributed by atoms with Crippen molar-refractivity contribution in [3.63, 3.8) is 0 Å². The molecule has 0 N–H and O–H groups in total. The number of aldehydes is 1. The van der Waals surface area contributed by atoms with Crippen LogP contribution in [-0.4, -0.2) is 31.6 Å². The molecular weight excluding hydrogens is 172 g/mol. The summed E-state index contributed by atoms with van der Waals surface area (Å²) < 4.78 is 10.2. The topological polar surface area (TPSA) is 52.6 Å². The number of carbonyl (C=O) groups excluding carboxylic acids is 2. The van der Waals surface area contributed by atoms with Gasteiger partial charge in [0.05, 0.1) is 12.5 Å². The van der Waals surface area contributed by atoms with Gasteiger partial charge in [-0.1, -0.05) is 0 Å². The number of fused-ring (bicyclic) bond motifs is 1. The molecule has 0 spiro atoms. The third-order valence-corrected chi connectivity index (χ3v) is 3.01. The fourth-order valence-electron chi connectivity index (χ4n) is 2.34. The summed E-state index contributed by atoms with van der Waals surface area (Å²) in [6.45, 7) is 0. The van der Waals surface area contributed by atoms with E-state index in [2.05, 4.69) is 0 Å². The third-order valence-electron chi connectivity index (χ3n) is 3.01. The van der Waals surface area contributed by atoms with Crippen LogP contribution in [0.15, 0.2) is 0 Å². The van der Waals surface area contributed by atoms with Crippen molar-refractivity contribution in [3.05, 3.63) is 0 Å². The normalized spacial score (nSPS) is 43.0. The molecule has 1 heterocycles. The Morgan fingerprint density at radius 3 is 3.00 bits per heavy atom. The predicted octanol–water partition coefficient (Wildman–Crippen LogP) is 0.152. The van der Waals surface area contributed by atoms with Crippen molar-refractivity contribution in [2.75, 3.05) is 7.11 Å². The zero-order valence-electron chi connectivity index (χ0n) is 7.43. The van der Waals surface area contributed by atoms with Gasteiger partial charge in [-0.25, -0.2) is 0 Å². The minimum absolute atomic E-state index is 0.0509. The van der Waals surface area contributed by atoms with Crippen LogP contribution in [-0.2, 0) is 19.1 Å². The molecule has 4 atom stereocenters. The summed E-state index contributed by atoms with van der Waals surface area (Å²) in [6, 6.07) is 0. The lowest BCUT2D eigenvalue weighted by molar-refractivity contribution is -0.142. The maximum Gasteiger partial charge on any atom is 0.306 e. The van der Waals surface area contributed by atoms with Crippen molar-refractivity contribution in [1.82, 2.24) is 0 Å². The summed E-state index contributed by atoms with van der Waals surface area (Å²) in [4.78, 5) is 21.7. The fraction of sp³-hybridized carbons (Fsp3) is 0.778. The van der Waals surface area contributed by atoms with E-state index in [1.807, 2.05) is 0 Å². The highest BCUT2D eigenvalue weighted by Gasteiger charge is 2.50. The highest BCUT2D eigenvalue weighted by Crippen LogP contribution is 2.41. The molecule has 2 aliphatic rings. The van der Waals surface area contributed by atoms with Gasteiger partial charge in [0.25, 0.3) is 0 Å². The second kappa shape index (κ2) is 3.10. The molecule has 0 bridgehead atoms. The van der Waals surface area contributed by atoms with Gasteiger partial charge in [0.15, 0.2) is 0 Å². The standard InChI is InChI=1S/C9H12O4/c1-12-7-3-8-5(6(7)4-10)2-9(11)13-8/h4-8H,2-3H2,1H3. The largest absolute Gasteiger partial charge is 0.462 e. The predicted molar refractivity (Wildman–Crippen MR) is 43.0 cm³/mol. The summed E-state index contributed by atoms with van der Waals surface area (Å²) >= 11 is 0. The Kier molecular flexibility index (Phi) is 2.07. The van der Waals surface area contributed by atoms with Gasteiger partial charge in [-0.05, 0) is 0 Å². The average Bonchev–Trinajstić information content (AvgIpc) is 2.59. The van der Waals surface area contributed by atoms with Crippen molar-refractivity contribution in [2.24, 2.45) is 11.8 Å². The SMILES string of the molecule is COC1CC2OC(=O)CC2C1C=O. The molecule has 4 unspecified atom stereocenters. The molecule has 0 aromatic carbocycles. The molecule has 2 fully saturated rings. The number of esters is 1. The van der Waals surface area contributed by atoms with Crippen LogP contribution in [0.1, 0.15) is 12.8 Å². The highest BCUT2D eigenvalue weighted by molar-refractivity contribution is 5.74. The molecule has 1 saturated heterocycles. The molecule has 4 heteroatoms. The van der Waals surface area contributed by atoms with E-state index in [1.54, 1.807) is 7.11 Å². The number of hydrogen-bond donors (Lipinski definition) is 0. The average molecular weight is 184 g/mol. The van der Waals surface area contributed by atoms with Crippen LogP contribution in [0.5, 0.6) is 0 Å². The molecule has 2 rings (SSSR count). The molecule has 1 aliphatic carbocycles. The Labute approximate surface area is 76.2 Å². The van der Waals surface area contributed by atoms with Crippen LogP contribution in [0.4, 0.5) is 0 Å². The van der Waals surface area contributed by atoms with Crippen LogP contribution in [0.25, 0.3) is 0 Å². The second-order valence-electron chi connectivity index (χ2n) is 3.62. The zero-order valence-corrected chi connectivity index (χ0v) is 7.43. The minimum atomic E-state index is -0.184. The molecule has 72 valence electrons. The maximum atomic E-state index is 10.9. The number of methoxy groups -OCH3 is 1. The lowest BCUT2D eigenvalue weighted by atomic mass is 9.94. The van der Waals surface area contributed by atoms with Gasteiger partial charge in [0.1, 0.15) is 12.4 Å². The van der Waals surface area contributed by atoms with Crippen molar-refractivity contribution in [3.8, 4) is 0 Å². The lowest BCUT2D eigenvalue weighted by Gasteiger charge is -2.14. The van der Waals surface area contributed by atoms with E-state index < -0.39 is 0 Å². The summed E-state index contributed by atoms with van der Waals surface area (Å²) in [5, 5.41) is 0. The van der Waals surface area contributed by atoms with Crippen LogP contribution in [0.2, 0.25) is 0 Å². The highest BCUT2D eigenvalue weighted by atomic mass is 16.6. The van der Waals surface area contributed by atoms with Gasteiger partial charge in [-0.2, -0.15) is 0 Å². The van der Waals surface area contributed by atoms with E-state index in [0.29, 0.717) is 12.8 Å². The summed E-state index contributed by atoms with van der Waals surface area (Å²) in [5.74, 6) is -0.298. The first-order valence-corrected chi connectivity index (χ1v) is 4.44. The molecule has 1 aliphatic heterocycles. The first-order chi connectivity index (χ1) is 6.26. The van der Waals surface area contributed by atoms with Crippen LogP contribution in [0, 0.1) is 11.8 Å². The Balaban J connectivity index is 2.14. The van der Waals surface area contributed by atoms with Gasteiger partial charge in [-0.15, -0.1) is 0 Å². The molecule has 13 heavy (non-hydrogen) atoms. The summed E-state index contributed by atoms with van der Waals surface area (Å²) in [7, 11) is 1.59. The van der Waals surface area contributed by atoms with Crippen molar-refractivity contribution < 1.29 is 19.1 Å². The second-order valence-corrected chi connectivity index (χ2v) is 3.62. The number of carbonyl (C=O) groups is 2. The molecule has 0 radical (unpaired) electrons. The van der Waals surface area contributed by atoms with Gasteiger partial charge in [-0.3, -0.25) is 4.79 Å². The van der Waals surface area contributed by atoms with Crippen molar-refractivity contribution in [2.45, 2.75) is 25.0 Å². The smallest absolute Gasteiger partial charge is 0.306 e. The third kappa shape index (κ3) is 1.25. The Hall–Kier alpha value is -0.900. The zero-order chi connectivity index (χ0) is 9.42. The molecular formula is C9H12O4. The Morgan fingerprint density at radius 1 is 1.62 bits per heavy atom. The summed E-state index contributed by atoms with van der Waals surface area (Å²) in [6.07, 6.45) is 1.76. The van der Waals surface area contributed by atoms with E-state index in [4.69, 9.17) is 9.47 Å². The van der Waals surface area contributed by atoms with Gasteiger partial charge in [0.2, 0.25) is 0 Å². The van der Waals surface area contributed by atoms with Crippen LogP contribution < -0.4 is 0 Å². The van der Waals surface area contributed by atoms with E-state index in [-0.39, 0.29) is 30.0 Å². The van der Waals surface area contributed by atoms with Gasteiger partial charge < -0.3 is 14.3 Å². The number of rotatable bonds is 2. The maximum absolute atomic E-state index is 10.9. The monoisotopic (exact) mass is 184 g/mol. The van der Waals surface area contributed by atoms with E-state index in [0.717, 1.165) is 6.29 Å². The number of hydrogen-bond acceptors (Lipinski definition) is 4. The van der Waals surface area contributed by atoms with E-state index >= 15 is 0 Å². The molecule has 0 amide bonds. The first-order valence-electron chi connectivity index (χ1n) is 4.44. The summed E-state index contributed by atoms with van der Waals surface area (Å²) in [5.41, 5.74) is 0. The van der Waals surface area contributed by atoms with Crippen LogP contribution in [0.3, 0.4) is 0 Å². The Bertz CT molecular complexity index is 238. The van der Waals surface area contributed by atoms with Gasteiger partial charge >= 0.3 is 5.97 Å². The quantitative estimate of drug-likeness (QED) is 0.453. The molecule has 4 nitrogen and oxygen atoms in total. The fourth-order valence-corrected chi connectivity index (χ4v) is 2.34. The van der Waals surface area contributed by atoms with E-state index in [1.165, 1.54) is 0 Å². The first kappa shape index (κ1) is 8.69. The number of ether oxygens (including phenoxy) is 2. The van der Waals surface area contributed by atoms with Crippen LogP contribution >= 0.6 is 0 Å². The molecule has 0 aromatic rings. The lowest BCUT2D eigenvalue weighted by Crippen LogP contribution is -2.23. The van der Waals surface area contributed by atoms with E-state index in [9.17, 15) is 9.59 Å². The Morgan fingerprint density at radius 2 is 2.38 bits per heavy atom. The van der Waals surface area contributed by atoms with Gasteiger partial charge in [0, 0.05) is 25.4 Å². The van der Waals surface area contributed by atoms with Crippen molar-refractivity contribution in [1.29, 1.82) is 0 Å². The minimum Gasteiger partial charge on any atom is -0.462 e. The molecule has 0 aromatic heterocycles.